The maximum Gasteiger partial charge on any atom is 0.181 e. The van der Waals surface area contributed by atoms with Gasteiger partial charge < -0.3 is 10.1 Å². The van der Waals surface area contributed by atoms with E-state index >= 15 is 0 Å². The molecular weight excluding hydrogens is 396 g/mol. The normalized spacial score (nSPS) is 10.4. The smallest absolute Gasteiger partial charge is 0.181 e. The van der Waals surface area contributed by atoms with Gasteiger partial charge in [-0.05, 0) is 61.7 Å². The number of halogens is 4. The van der Waals surface area contributed by atoms with Crippen LogP contribution >= 0.6 is 31.9 Å². The molecule has 0 bridgehead atoms. The maximum absolute atomic E-state index is 13.5. The predicted octanol–water partition coefficient (Wildman–Crippen LogP) is 5.11. The average Bonchev–Trinajstić information content (AvgIpc) is 2.40. The Labute approximate surface area is 132 Å². The Kier molecular flexibility index (Phi) is 4.99. The minimum Gasteiger partial charge on any atom is -0.494 e. The lowest BCUT2D eigenvalue weighted by Gasteiger charge is -2.11. The van der Waals surface area contributed by atoms with Crippen molar-refractivity contribution in [3.8, 4) is 5.75 Å². The second kappa shape index (κ2) is 6.54. The number of hydrogen-bond donors (Lipinski definition) is 1. The number of ether oxygens (including phenoxy) is 1. The van der Waals surface area contributed by atoms with E-state index in [2.05, 4.69) is 37.2 Å². The summed E-state index contributed by atoms with van der Waals surface area (Å²) in [4.78, 5) is 0. The molecular formula is C14H11Br2F2NO. The average molecular weight is 407 g/mol. The van der Waals surface area contributed by atoms with Gasteiger partial charge in [0.2, 0.25) is 0 Å². The van der Waals surface area contributed by atoms with Crippen LogP contribution in [0.5, 0.6) is 5.75 Å². The minimum absolute atomic E-state index is 0.132. The standard InChI is InChI=1S/C14H11Br2F2NO/c1-20-14-9(15)5-8(6-10(14)16)7-19-12-4-2-3-11(17)13(12)18/h2-6,19H,7H2,1H3. The van der Waals surface area contributed by atoms with Crippen LogP contribution in [0.3, 0.4) is 0 Å². The van der Waals surface area contributed by atoms with E-state index in [-0.39, 0.29) is 5.69 Å². The summed E-state index contributed by atoms with van der Waals surface area (Å²) in [6.07, 6.45) is 0. The predicted molar refractivity (Wildman–Crippen MR) is 82.1 cm³/mol. The molecule has 0 aromatic heterocycles. The van der Waals surface area contributed by atoms with E-state index in [0.717, 1.165) is 20.6 Å². The molecule has 0 heterocycles. The molecule has 0 aliphatic carbocycles. The summed E-state index contributed by atoms with van der Waals surface area (Å²) in [5.41, 5.74) is 1.03. The molecule has 2 rings (SSSR count). The Bertz CT molecular complexity index is 612. The highest BCUT2D eigenvalue weighted by atomic mass is 79.9. The second-order valence-corrected chi connectivity index (χ2v) is 5.76. The van der Waals surface area contributed by atoms with Crippen LogP contribution in [-0.4, -0.2) is 7.11 Å². The number of rotatable bonds is 4. The van der Waals surface area contributed by atoms with Crippen LogP contribution in [-0.2, 0) is 6.54 Å². The zero-order chi connectivity index (χ0) is 14.7. The first-order chi connectivity index (χ1) is 9.52. The number of methoxy groups -OCH3 is 1. The van der Waals surface area contributed by atoms with Gasteiger partial charge in [0.05, 0.1) is 21.7 Å². The van der Waals surface area contributed by atoms with Gasteiger partial charge in [0, 0.05) is 6.54 Å². The molecule has 2 aromatic rings. The van der Waals surface area contributed by atoms with Gasteiger partial charge in [0.1, 0.15) is 5.75 Å². The zero-order valence-corrected chi connectivity index (χ0v) is 13.7. The summed E-state index contributed by atoms with van der Waals surface area (Å²) in [6, 6.07) is 7.75. The molecule has 0 amide bonds. The van der Waals surface area contributed by atoms with Crippen LogP contribution in [0, 0.1) is 11.6 Å². The minimum atomic E-state index is -0.876. The van der Waals surface area contributed by atoms with Crippen LogP contribution in [0.25, 0.3) is 0 Å². The molecule has 0 unspecified atom stereocenters. The second-order valence-electron chi connectivity index (χ2n) is 4.05. The maximum atomic E-state index is 13.5. The van der Waals surface area contributed by atoms with Gasteiger partial charge >= 0.3 is 0 Å². The summed E-state index contributed by atoms with van der Waals surface area (Å²) < 4.78 is 33.4. The summed E-state index contributed by atoms with van der Waals surface area (Å²) in [5.74, 6) is -1.06. The quantitative estimate of drug-likeness (QED) is 0.761. The molecule has 20 heavy (non-hydrogen) atoms. The molecule has 0 atom stereocenters. The van der Waals surface area contributed by atoms with Crippen LogP contribution in [0.2, 0.25) is 0 Å². The van der Waals surface area contributed by atoms with E-state index in [1.54, 1.807) is 7.11 Å². The molecule has 2 nitrogen and oxygen atoms in total. The SMILES string of the molecule is COc1c(Br)cc(CNc2cccc(F)c2F)cc1Br. The van der Waals surface area contributed by atoms with Crippen molar-refractivity contribution in [1.29, 1.82) is 0 Å². The lowest BCUT2D eigenvalue weighted by molar-refractivity contribution is 0.409. The lowest BCUT2D eigenvalue weighted by atomic mass is 10.2. The monoisotopic (exact) mass is 405 g/mol. The lowest BCUT2D eigenvalue weighted by Crippen LogP contribution is -2.03. The van der Waals surface area contributed by atoms with Gasteiger partial charge in [-0.25, -0.2) is 8.78 Å². The highest BCUT2D eigenvalue weighted by Gasteiger charge is 2.10. The third kappa shape index (κ3) is 3.30. The zero-order valence-electron chi connectivity index (χ0n) is 10.5. The van der Waals surface area contributed by atoms with Crippen molar-refractivity contribution >= 4 is 37.5 Å². The van der Waals surface area contributed by atoms with Crippen LogP contribution in [0.1, 0.15) is 5.56 Å². The highest BCUT2D eigenvalue weighted by Crippen LogP contribution is 2.34. The van der Waals surface area contributed by atoms with E-state index in [0.29, 0.717) is 12.3 Å². The fourth-order valence-electron chi connectivity index (χ4n) is 1.75. The van der Waals surface area contributed by atoms with E-state index in [4.69, 9.17) is 4.74 Å². The molecule has 106 valence electrons. The summed E-state index contributed by atoms with van der Waals surface area (Å²) in [7, 11) is 1.57. The fraction of sp³-hybridized carbons (Fsp3) is 0.143. The third-order valence-corrected chi connectivity index (χ3v) is 3.87. The molecule has 6 heteroatoms. The van der Waals surface area contributed by atoms with Gasteiger partial charge in [-0.2, -0.15) is 0 Å². The first-order valence-electron chi connectivity index (χ1n) is 5.72. The number of anilines is 1. The van der Waals surface area contributed by atoms with Gasteiger partial charge in [-0.1, -0.05) is 6.07 Å². The number of nitrogens with one attached hydrogen (secondary N) is 1. The van der Waals surface area contributed by atoms with Crippen molar-refractivity contribution in [2.45, 2.75) is 6.54 Å². The Balaban J connectivity index is 2.17. The topological polar surface area (TPSA) is 21.3 Å². The Morgan fingerprint density at radius 2 is 1.80 bits per heavy atom. The van der Waals surface area contributed by atoms with Gasteiger partial charge in [0.25, 0.3) is 0 Å². The van der Waals surface area contributed by atoms with Crippen molar-refractivity contribution in [1.82, 2.24) is 0 Å². The largest absolute Gasteiger partial charge is 0.494 e. The Hall–Kier alpha value is -1.14. The Morgan fingerprint density at radius 1 is 1.15 bits per heavy atom. The molecule has 0 aliphatic heterocycles. The Morgan fingerprint density at radius 3 is 2.40 bits per heavy atom. The third-order valence-electron chi connectivity index (χ3n) is 2.70. The summed E-state index contributed by atoms with van der Waals surface area (Å²) >= 11 is 6.79. The molecule has 0 spiro atoms. The van der Waals surface area contributed by atoms with Crippen LogP contribution < -0.4 is 10.1 Å². The fourth-order valence-corrected chi connectivity index (χ4v) is 3.35. The highest BCUT2D eigenvalue weighted by molar-refractivity contribution is 9.11. The molecule has 0 saturated heterocycles. The van der Waals surface area contributed by atoms with Crippen molar-refractivity contribution < 1.29 is 13.5 Å². The van der Waals surface area contributed by atoms with Crippen molar-refractivity contribution in [3.63, 3.8) is 0 Å². The molecule has 1 N–H and O–H groups in total. The summed E-state index contributed by atoms with van der Waals surface area (Å²) in [6.45, 7) is 0.363. The molecule has 0 saturated carbocycles. The van der Waals surface area contributed by atoms with Crippen molar-refractivity contribution in [3.05, 3.63) is 56.5 Å². The van der Waals surface area contributed by atoms with Gasteiger partial charge in [-0.15, -0.1) is 0 Å². The molecule has 0 fully saturated rings. The van der Waals surface area contributed by atoms with Gasteiger partial charge in [0.15, 0.2) is 11.6 Å². The van der Waals surface area contributed by atoms with Gasteiger partial charge in [-0.3, -0.25) is 0 Å². The van der Waals surface area contributed by atoms with E-state index in [1.807, 2.05) is 12.1 Å². The van der Waals surface area contributed by atoms with E-state index in [9.17, 15) is 8.78 Å². The van der Waals surface area contributed by atoms with Crippen LogP contribution in [0.4, 0.5) is 14.5 Å². The van der Waals surface area contributed by atoms with E-state index in [1.165, 1.54) is 12.1 Å². The number of benzene rings is 2. The van der Waals surface area contributed by atoms with Crippen molar-refractivity contribution in [2.24, 2.45) is 0 Å². The van der Waals surface area contributed by atoms with Crippen LogP contribution in [0.15, 0.2) is 39.3 Å². The first kappa shape index (κ1) is 15.3. The van der Waals surface area contributed by atoms with Crippen molar-refractivity contribution in [2.75, 3.05) is 12.4 Å². The first-order valence-corrected chi connectivity index (χ1v) is 7.31. The molecule has 2 aromatic carbocycles. The summed E-state index contributed by atoms with van der Waals surface area (Å²) in [5, 5.41) is 2.86. The number of hydrogen-bond acceptors (Lipinski definition) is 2. The molecule has 0 aliphatic rings. The van der Waals surface area contributed by atoms with E-state index < -0.39 is 11.6 Å². The molecule has 0 radical (unpaired) electrons.